The van der Waals surface area contributed by atoms with Gasteiger partial charge in [-0.3, -0.25) is 0 Å². The molecule has 3 heteroatoms. The highest BCUT2D eigenvalue weighted by Crippen LogP contribution is 2.65. The summed E-state index contributed by atoms with van der Waals surface area (Å²) in [5, 5.41) is 0. The Bertz CT molecular complexity index is 3730. The average molecular weight is 886 g/mol. The topological polar surface area (TPSA) is 12.5 Å². The van der Waals surface area contributed by atoms with Crippen molar-refractivity contribution in [1.29, 1.82) is 0 Å². The highest BCUT2D eigenvalue weighted by molar-refractivity contribution is 7.99. The van der Waals surface area contributed by atoms with Crippen molar-refractivity contribution in [1.82, 2.24) is 0 Å². The van der Waals surface area contributed by atoms with E-state index in [1.54, 1.807) is 0 Å². The fourth-order valence-electron chi connectivity index (χ4n) is 13.2. The van der Waals surface area contributed by atoms with Crippen LogP contribution < -0.4 is 9.64 Å². The second-order valence-corrected chi connectivity index (χ2v) is 20.6. The van der Waals surface area contributed by atoms with Crippen molar-refractivity contribution < 1.29 is 4.74 Å². The normalized spacial score (nSPS) is 15.6. The van der Waals surface area contributed by atoms with Gasteiger partial charge in [0.1, 0.15) is 11.5 Å². The summed E-state index contributed by atoms with van der Waals surface area (Å²) in [5.41, 5.74) is 22.8. The number of hydrogen-bond donors (Lipinski definition) is 0. The van der Waals surface area contributed by atoms with Gasteiger partial charge >= 0.3 is 0 Å². The van der Waals surface area contributed by atoms with Crippen molar-refractivity contribution in [3.05, 3.63) is 280 Å². The molecule has 15 rings (SSSR count). The number of nitrogens with zero attached hydrogens (tertiary/aromatic N) is 1. The predicted molar refractivity (Wildman–Crippen MR) is 277 cm³/mol. The number of hydrogen-bond acceptors (Lipinski definition) is 3. The third kappa shape index (κ3) is 4.74. The Balaban J connectivity index is 1.00. The lowest BCUT2D eigenvalue weighted by Gasteiger charge is -2.40. The summed E-state index contributed by atoms with van der Waals surface area (Å²) in [7, 11) is 0. The third-order valence-electron chi connectivity index (χ3n) is 16.0. The first-order valence-electron chi connectivity index (χ1n) is 23.7. The van der Waals surface area contributed by atoms with Gasteiger partial charge in [-0.1, -0.05) is 189 Å². The van der Waals surface area contributed by atoms with E-state index in [-0.39, 0.29) is 5.41 Å². The zero-order valence-corrected chi connectivity index (χ0v) is 38.4. The second kappa shape index (κ2) is 13.6. The van der Waals surface area contributed by atoms with E-state index in [2.05, 4.69) is 243 Å². The molecule has 320 valence electrons. The summed E-state index contributed by atoms with van der Waals surface area (Å²) < 4.78 is 6.75. The Morgan fingerprint density at radius 1 is 0.309 bits per heavy atom. The standard InChI is InChI=1S/C65H43NOS/c1-63(2)49-20-6-3-17-43(49)46-34-31-41(38-57(46)63)66(40-33-36-52-48(37-40)45-19-5-8-22-51(45)64(52)55-25-11-15-29-61(55)68-62-30-16-12-26-56(62)64)42-32-35-47-44-18-4-7-21-50(44)65(58(47)39-42)53-23-9-13-27-59(53)67-60-28-14-10-24-54(60)65/h3-39H,1-2H3. The minimum absolute atomic E-state index is 0.171. The van der Waals surface area contributed by atoms with E-state index < -0.39 is 10.8 Å². The van der Waals surface area contributed by atoms with Crippen LogP contribution in [-0.4, -0.2) is 0 Å². The minimum Gasteiger partial charge on any atom is -0.457 e. The van der Waals surface area contributed by atoms with E-state index in [1.807, 2.05) is 11.8 Å². The number of rotatable bonds is 3. The highest BCUT2D eigenvalue weighted by atomic mass is 32.2. The number of anilines is 3. The van der Waals surface area contributed by atoms with Gasteiger partial charge in [0.05, 0.1) is 10.8 Å². The first kappa shape index (κ1) is 38.3. The van der Waals surface area contributed by atoms with Crippen LogP contribution >= 0.6 is 11.8 Å². The Kier molecular flexibility index (Phi) is 7.67. The van der Waals surface area contributed by atoms with Crippen molar-refractivity contribution in [2.45, 2.75) is 39.9 Å². The van der Waals surface area contributed by atoms with Gasteiger partial charge in [-0.2, -0.15) is 0 Å². The van der Waals surface area contributed by atoms with Gasteiger partial charge in [-0.25, -0.2) is 0 Å². The molecule has 0 N–H and O–H groups in total. The summed E-state index contributed by atoms with van der Waals surface area (Å²) in [4.78, 5) is 5.15. The molecule has 5 aliphatic rings. The lowest BCUT2D eigenvalue weighted by atomic mass is 9.66. The molecular weight excluding hydrogens is 843 g/mol. The maximum absolute atomic E-state index is 6.75. The van der Waals surface area contributed by atoms with E-state index in [1.165, 1.54) is 87.7 Å². The number of ether oxygens (including phenoxy) is 1. The van der Waals surface area contributed by atoms with Crippen LogP contribution in [0.1, 0.15) is 69.5 Å². The summed E-state index contributed by atoms with van der Waals surface area (Å²) in [6.45, 7) is 4.76. The van der Waals surface area contributed by atoms with Gasteiger partial charge in [0.25, 0.3) is 0 Å². The molecule has 2 nitrogen and oxygen atoms in total. The molecule has 0 saturated heterocycles. The molecule has 0 radical (unpaired) electrons. The maximum Gasteiger partial charge on any atom is 0.132 e. The molecule has 0 fully saturated rings. The van der Waals surface area contributed by atoms with Crippen molar-refractivity contribution >= 4 is 28.8 Å². The lowest BCUT2D eigenvalue weighted by Crippen LogP contribution is -2.32. The SMILES string of the molecule is CC1(C)c2ccccc2-c2ccc(N(c3ccc4c(c3)-c3ccccc3C43c4ccccc4Sc4ccccc43)c3ccc4c(c3)C3(c5ccccc5Oc5ccccc53)c3ccccc3-4)cc21. The van der Waals surface area contributed by atoms with Crippen LogP contribution in [0.5, 0.6) is 11.5 Å². The Morgan fingerprint density at radius 3 is 1.29 bits per heavy atom. The molecule has 0 aromatic heterocycles. The fraction of sp³-hybridized carbons (Fsp3) is 0.0769. The zero-order chi connectivity index (χ0) is 44.9. The van der Waals surface area contributed by atoms with Crippen LogP contribution in [0.2, 0.25) is 0 Å². The molecule has 0 atom stereocenters. The van der Waals surface area contributed by atoms with Gasteiger partial charge in [0.15, 0.2) is 0 Å². The van der Waals surface area contributed by atoms with E-state index in [0.717, 1.165) is 39.7 Å². The molecule has 0 saturated carbocycles. The Hall–Kier alpha value is -7.85. The monoisotopic (exact) mass is 885 g/mol. The van der Waals surface area contributed by atoms with Gasteiger partial charge in [0, 0.05) is 43.4 Å². The summed E-state index contributed by atoms with van der Waals surface area (Å²) in [5.74, 6) is 1.79. The summed E-state index contributed by atoms with van der Waals surface area (Å²) in [6, 6.07) is 84.3. The number of para-hydroxylation sites is 2. The van der Waals surface area contributed by atoms with Crippen LogP contribution in [0.25, 0.3) is 33.4 Å². The van der Waals surface area contributed by atoms with Gasteiger partial charge in [-0.15, -0.1) is 0 Å². The van der Waals surface area contributed by atoms with Crippen molar-refractivity contribution in [3.8, 4) is 44.9 Å². The quantitative estimate of drug-likeness (QED) is 0.175. The average Bonchev–Trinajstić information content (AvgIpc) is 3.93. The van der Waals surface area contributed by atoms with Crippen LogP contribution in [0.4, 0.5) is 17.1 Å². The second-order valence-electron chi connectivity index (χ2n) is 19.5. The summed E-state index contributed by atoms with van der Waals surface area (Å²) >= 11 is 1.89. The van der Waals surface area contributed by atoms with Gasteiger partial charge < -0.3 is 9.64 Å². The molecule has 3 aliphatic carbocycles. The Morgan fingerprint density at radius 2 is 0.691 bits per heavy atom. The predicted octanol–water partition coefficient (Wildman–Crippen LogP) is 16.8. The van der Waals surface area contributed by atoms with Gasteiger partial charge in [-0.05, 0) is 139 Å². The fourth-order valence-corrected chi connectivity index (χ4v) is 14.4. The molecule has 0 bridgehead atoms. The third-order valence-corrected chi connectivity index (χ3v) is 17.2. The molecule has 2 aliphatic heterocycles. The molecule has 2 spiro atoms. The number of benzene rings is 10. The molecule has 10 aromatic rings. The van der Waals surface area contributed by atoms with Crippen LogP contribution in [0.3, 0.4) is 0 Å². The van der Waals surface area contributed by atoms with Crippen LogP contribution in [-0.2, 0) is 16.2 Å². The largest absolute Gasteiger partial charge is 0.457 e. The van der Waals surface area contributed by atoms with E-state index in [4.69, 9.17) is 4.74 Å². The molecule has 0 unspecified atom stereocenters. The molecule has 0 amide bonds. The minimum atomic E-state index is -0.594. The number of fused-ring (bicyclic) bond motifs is 21. The van der Waals surface area contributed by atoms with Crippen molar-refractivity contribution in [2.24, 2.45) is 0 Å². The highest BCUT2D eigenvalue weighted by Gasteiger charge is 2.52. The van der Waals surface area contributed by atoms with Gasteiger partial charge in [0.2, 0.25) is 0 Å². The molecular formula is C65H43NOS. The van der Waals surface area contributed by atoms with Crippen LogP contribution in [0, 0.1) is 0 Å². The van der Waals surface area contributed by atoms with E-state index >= 15 is 0 Å². The summed E-state index contributed by atoms with van der Waals surface area (Å²) in [6.07, 6.45) is 0. The molecule has 68 heavy (non-hydrogen) atoms. The smallest absolute Gasteiger partial charge is 0.132 e. The van der Waals surface area contributed by atoms with E-state index in [0.29, 0.717) is 0 Å². The first-order valence-corrected chi connectivity index (χ1v) is 24.6. The van der Waals surface area contributed by atoms with E-state index in [9.17, 15) is 0 Å². The zero-order valence-electron chi connectivity index (χ0n) is 37.6. The first-order chi connectivity index (χ1) is 33.5. The van der Waals surface area contributed by atoms with Crippen molar-refractivity contribution in [2.75, 3.05) is 4.90 Å². The van der Waals surface area contributed by atoms with Crippen molar-refractivity contribution in [3.63, 3.8) is 0 Å². The maximum atomic E-state index is 6.75. The molecule has 10 aromatic carbocycles. The van der Waals surface area contributed by atoms with Crippen LogP contribution in [0.15, 0.2) is 234 Å². The molecule has 2 heterocycles. The Labute approximate surface area is 401 Å². The lowest BCUT2D eigenvalue weighted by molar-refractivity contribution is 0.436.